The lowest BCUT2D eigenvalue weighted by atomic mass is 9.98. The minimum Gasteiger partial charge on any atom is -0.495 e. The van der Waals surface area contributed by atoms with Gasteiger partial charge in [0.15, 0.2) is 0 Å². The third-order valence-electron chi connectivity index (χ3n) is 3.18. The highest BCUT2D eigenvalue weighted by Gasteiger charge is 2.14. The summed E-state index contributed by atoms with van der Waals surface area (Å²) in [6.07, 6.45) is 0. The zero-order chi connectivity index (χ0) is 14.0. The summed E-state index contributed by atoms with van der Waals surface area (Å²) in [5.74, 6) is 0.700. The van der Waals surface area contributed by atoms with Crippen LogP contribution in [0.1, 0.15) is 27.1 Å². The van der Waals surface area contributed by atoms with Crippen LogP contribution in [0.3, 0.4) is 0 Å². The van der Waals surface area contributed by atoms with Crippen molar-refractivity contribution in [3.63, 3.8) is 0 Å². The molecule has 1 unspecified atom stereocenters. The number of hydrogen-bond acceptors (Lipinski definition) is 1. The highest BCUT2D eigenvalue weighted by molar-refractivity contribution is 9.09. The Hall–Kier alpha value is -0.990. The lowest BCUT2D eigenvalue weighted by molar-refractivity contribution is 0.415. The van der Waals surface area contributed by atoms with E-state index >= 15 is 0 Å². The van der Waals surface area contributed by atoms with E-state index < -0.39 is 0 Å². The molecule has 0 heterocycles. The summed E-state index contributed by atoms with van der Waals surface area (Å²) in [4.78, 5) is 0.135. The molecule has 0 aliphatic rings. The third-order valence-corrected chi connectivity index (χ3v) is 4.49. The van der Waals surface area contributed by atoms with Gasteiger partial charge in [-0.15, -0.1) is 0 Å². The van der Waals surface area contributed by atoms with Gasteiger partial charge in [0.25, 0.3) is 0 Å². The molecule has 1 atom stereocenters. The van der Waals surface area contributed by atoms with E-state index in [0.29, 0.717) is 10.8 Å². The molecule has 0 N–H and O–H groups in total. The zero-order valence-electron chi connectivity index (χ0n) is 11.2. The number of halogens is 2. The third kappa shape index (κ3) is 3.13. The maximum absolute atomic E-state index is 6.19. The molecule has 0 aromatic heterocycles. The lowest BCUT2D eigenvalue weighted by Crippen LogP contribution is -1.97. The summed E-state index contributed by atoms with van der Waals surface area (Å²) in [5.41, 5.74) is 4.91. The summed E-state index contributed by atoms with van der Waals surface area (Å²) in [6, 6.07) is 12.3. The van der Waals surface area contributed by atoms with Crippen LogP contribution in [0.2, 0.25) is 5.02 Å². The number of methoxy groups -OCH3 is 1. The Bertz CT molecular complexity index is 595. The van der Waals surface area contributed by atoms with Gasteiger partial charge in [-0.3, -0.25) is 0 Å². The second-order valence-corrected chi connectivity index (χ2v) is 5.94. The first-order valence-corrected chi connectivity index (χ1v) is 7.37. The van der Waals surface area contributed by atoms with Gasteiger partial charge in [-0.2, -0.15) is 0 Å². The number of alkyl halides is 1. The fourth-order valence-corrected chi connectivity index (χ4v) is 3.10. The van der Waals surface area contributed by atoms with E-state index in [4.69, 9.17) is 16.3 Å². The van der Waals surface area contributed by atoms with Gasteiger partial charge < -0.3 is 4.74 Å². The Morgan fingerprint density at radius 3 is 2.47 bits per heavy atom. The average Bonchev–Trinajstić information content (AvgIpc) is 2.40. The summed E-state index contributed by atoms with van der Waals surface area (Å²) in [6.45, 7) is 4.22. The van der Waals surface area contributed by atoms with Gasteiger partial charge in [-0.05, 0) is 42.7 Å². The maximum Gasteiger partial charge on any atom is 0.137 e. The topological polar surface area (TPSA) is 9.23 Å². The lowest BCUT2D eigenvalue weighted by Gasteiger charge is -2.15. The molecular weight excluding hydrogens is 324 g/mol. The number of aryl methyl sites for hydroxylation is 2. The Balaban J connectivity index is 2.41. The molecule has 2 aromatic rings. The Morgan fingerprint density at radius 1 is 1.11 bits per heavy atom. The van der Waals surface area contributed by atoms with Crippen molar-refractivity contribution < 1.29 is 4.74 Å². The number of benzene rings is 2. The van der Waals surface area contributed by atoms with Crippen LogP contribution < -0.4 is 4.74 Å². The largest absolute Gasteiger partial charge is 0.495 e. The molecule has 0 spiro atoms. The number of hydrogen-bond donors (Lipinski definition) is 0. The monoisotopic (exact) mass is 338 g/mol. The van der Waals surface area contributed by atoms with Crippen molar-refractivity contribution in [2.45, 2.75) is 18.7 Å². The molecular formula is C16H16BrClO. The van der Waals surface area contributed by atoms with Crippen molar-refractivity contribution >= 4 is 27.5 Å². The Labute approximate surface area is 127 Å². The average molecular weight is 340 g/mol. The van der Waals surface area contributed by atoms with Gasteiger partial charge in [-0.25, -0.2) is 0 Å². The highest BCUT2D eigenvalue weighted by atomic mass is 79.9. The van der Waals surface area contributed by atoms with Gasteiger partial charge in [0, 0.05) is 0 Å². The van der Waals surface area contributed by atoms with Crippen molar-refractivity contribution in [3.8, 4) is 5.75 Å². The molecule has 0 fully saturated rings. The summed E-state index contributed by atoms with van der Waals surface area (Å²) in [5, 5.41) is 0.634. The predicted octanol–water partition coefficient (Wildman–Crippen LogP) is 5.45. The first kappa shape index (κ1) is 14.4. The van der Waals surface area contributed by atoms with E-state index in [-0.39, 0.29) is 4.83 Å². The van der Waals surface area contributed by atoms with Crippen LogP contribution in [0.5, 0.6) is 5.75 Å². The molecule has 0 saturated carbocycles. The molecule has 0 aliphatic carbocycles. The molecule has 0 aliphatic heterocycles. The SMILES string of the molecule is COc1ccc(C(Br)c2cc(C)ccc2C)cc1Cl. The number of rotatable bonds is 3. The van der Waals surface area contributed by atoms with E-state index in [1.165, 1.54) is 16.7 Å². The van der Waals surface area contributed by atoms with Crippen molar-refractivity contribution in [2.24, 2.45) is 0 Å². The van der Waals surface area contributed by atoms with Crippen LogP contribution in [0.4, 0.5) is 0 Å². The van der Waals surface area contributed by atoms with Gasteiger partial charge >= 0.3 is 0 Å². The fourth-order valence-electron chi connectivity index (χ4n) is 2.05. The first-order chi connectivity index (χ1) is 9.02. The molecule has 3 heteroatoms. The van der Waals surface area contributed by atoms with E-state index in [1.54, 1.807) is 7.11 Å². The van der Waals surface area contributed by atoms with Crippen LogP contribution in [-0.2, 0) is 0 Å². The van der Waals surface area contributed by atoms with Crippen LogP contribution >= 0.6 is 27.5 Å². The molecule has 2 aromatic carbocycles. The van der Waals surface area contributed by atoms with E-state index in [1.807, 2.05) is 18.2 Å². The van der Waals surface area contributed by atoms with Gasteiger partial charge in [0.05, 0.1) is 17.0 Å². The molecule has 0 radical (unpaired) electrons. The molecule has 0 saturated heterocycles. The minimum absolute atomic E-state index is 0.135. The van der Waals surface area contributed by atoms with Gasteiger partial charge in [0.2, 0.25) is 0 Å². The summed E-state index contributed by atoms with van der Waals surface area (Å²) in [7, 11) is 1.62. The molecule has 0 bridgehead atoms. The molecule has 100 valence electrons. The zero-order valence-corrected chi connectivity index (χ0v) is 13.5. The van der Waals surface area contributed by atoms with E-state index in [9.17, 15) is 0 Å². The van der Waals surface area contributed by atoms with Crippen LogP contribution in [0, 0.1) is 13.8 Å². The van der Waals surface area contributed by atoms with Crippen LogP contribution in [0.15, 0.2) is 36.4 Å². The smallest absolute Gasteiger partial charge is 0.137 e. The molecule has 0 amide bonds. The quantitative estimate of drug-likeness (QED) is 0.676. The van der Waals surface area contributed by atoms with E-state index in [0.717, 1.165) is 5.56 Å². The van der Waals surface area contributed by atoms with Crippen molar-refractivity contribution in [1.29, 1.82) is 0 Å². The second kappa shape index (κ2) is 5.98. The van der Waals surface area contributed by atoms with E-state index in [2.05, 4.69) is 48.0 Å². The van der Waals surface area contributed by atoms with Gasteiger partial charge in [-0.1, -0.05) is 57.4 Å². The molecule has 2 rings (SSSR count). The standard InChI is InChI=1S/C16H16BrClO/c1-10-4-5-11(2)13(8-10)16(17)12-6-7-15(19-3)14(18)9-12/h4-9,16H,1-3H3. The molecule has 19 heavy (non-hydrogen) atoms. The second-order valence-electron chi connectivity index (χ2n) is 4.62. The van der Waals surface area contributed by atoms with Crippen LogP contribution in [-0.4, -0.2) is 7.11 Å². The molecule has 1 nitrogen and oxygen atoms in total. The van der Waals surface area contributed by atoms with Gasteiger partial charge in [0.1, 0.15) is 5.75 Å². The van der Waals surface area contributed by atoms with Crippen molar-refractivity contribution in [1.82, 2.24) is 0 Å². The van der Waals surface area contributed by atoms with Crippen LogP contribution in [0.25, 0.3) is 0 Å². The predicted molar refractivity (Wildman–Crippen MR) is 84.7 cm³/mol. The maximum atomic E-state index is 6.19. The minimum atomic E-state index is 0.135. The normalized spacial score (nSPS) is 12.3. The summed E-state index contributed by atoms with van der Waals surface area (Å²) >= 11 is 9.95. The summed E-state index contributed by atoms with van der Waals surface area (Å²) < 4.78 is 5.18. The van der Waals surface area contributed by atoms with Crippen molar-refractivity contribution in [2.75, 3.05) is 7.11 Å². The Kier molecular flexibility index (Phi) is 4.54. The Morgan fingerprint density at radius 2 is 1.84 bits per heavy atom. The fraction of sp³-hybridized carbons (Fsp3) is 0.250. The van der Waals surface area contributed by atoms with Crippen molar-refractivity contribution in [3.05, 3.63) is 63.7 Å². The highest BCUT2D eigenvalue weighted by Crippen LogP contribution is 2.36. The number of ether oxygens (including phenoxy) is 1. The first-order valence-electron chi connectivity index (χ1n) is 6.07.